The second-order valence-corrected chi connectivity index (χ2v) is 4.01. The molecule has 1 aromatic rings. The van der Waals surface area contributed by atoms with Gasteiger partial charge < -0.3 is 9.64 Å². The van der Waals surface area contributed by atoms with Crippen LogP contribution in [0.2, 0.25) is 0 Å². The monoisotopic (exact) mass is 253 g/mol. The first-order valence-corrected chi connectivity index (χ1v) is 5.54. The number of ether oxygens (including phenoxy) is 1. The highest BCUT2D eigenvalue weighted by atomic mass is 19.1. The van der Waals surface area contributed by atoms with E-state index < -0.39 is 5.82 Å². The maximum absolute atomic E-state index is 13.1. The lowest BCUT2D eigenvalue weighted by Crippen LogP contribution is -2.29. The number of halogens is 1. The van der Waals surface area contributed by atoms with Crippen LogP contribution >= 0.6 is 0 Å². The van der Waals surface area contributed by atoms with Gasteiger partial charge in [0.2, 0.25) is 0 Å². The van der Waals surface area contributed by atoms with E-state index in [0.717, 1.165) is 0 Å². The number of methoxy groups -OCH3 is 1. The van der Waals surface area contributed by atoms with E-state index in [4.69, 9.17) is 0 Å². The van der Waals surface area contributed by atoms with Crippen molar-refractivity contribution >= 4 is 11.9 Å². The van der Waals surface area contributed by atoms with Gasteiger partial charge in [-0.2, -0.15) is 0 Å². The Morgan fingerprint density at radius 2 is 2.06 bits per heavy atom. The largest absolute Gasteiger partial charge is 0.469 e. The molecule has 0 aliphatic heterocycles. The summed E-state index contributed by atoms with van der Waals surface area (Å²) in [7, 11) is 2.86. The number of hydrogen-bond acceptors (Lipinski definition) is 3. The van der Waals surface area contributed by atoms with Crippen molar-refractivity contribution < 1.29 is 18.7 Å². The highest BCUT2D eigenvalue weighted by molar-refractivity contribution is 5.95. The maximum Gasteiger partial charge on any atom is 0.307 e. The minimum absolute atomic E-state index is 0.118. The van der Waals surface area contributed by atoms with Crippen molar-refractivity contribution in [2.45, 2.75) is 13.3 Å². The van der Waals surface area contributed by atoms with Crippen LogP contribution in [0, 0.1) is 12.7 Å². The van der Waals surface area contributed by atoms with Crippen LogP contribution in [0.25, 0.3) is 0 Å². The normalized spacial score (nSPS) is 10.0. The van der Waals surface area contributed by atoms with E-state index in [-0.39, 0.29) is 24.8 Å². The first kappa shape index (κ1) is 14.2. The van der Waals surface area contributed by atoms with E-state index >= 15 is 0 Å². The van der Waals surface area contributed by atoms with Crippen molar-refractivity contribution in [1.29, 1.82) is 0 Å². The fraction of sp³-hybridized carbons (Fsp3) is 0.385. The molecule has 1 aromatic carbocycles. The summed E-state index contributed by atoms with van der Waals surface area (Å²) in [5.74, 6) is -1.15. The van der Waals surface area contributed by atoms with Crippen molar-refractivity contribution in [3.63, 3.8) is 0 Å². The molecule has 0 saturated heterocycles. The number of hydrogen-bond donors (Lipinski definition) is 0. The summed E-state index contributed by atoms with van der Waals surface area (Å²) in [4.78, 5) is 24.4. The Morgan fingerprint density at radius 3 is 2.67 bits per heavy atom. The summed E-state index contributed by atoms with van der Waals surface area (Å²) in [6, 6.07) is 4.06. The van der Waals surface area contributed by atoms with Crippen LogP contribution in [0.15, 0.2) is 18.2 Å². The molecular formula is C13H16FNO3. The van der Waals surface area contributed by atoms with Gasteiger partial charge in [0.1, 0.15) is 5.82 Å². The molecule has 1 amide bonds. The molecule has 0 bridgehead atoms. The second-order valence-electron chi connectivity index (χ2n) is 4.01. The van der Waals surface area contributed by atoms with Gasteiger partial charge in [0.05, 0.1) is 13.5 Å². The van der Waals surface area contributed by atoms with Gasteiger partial charge in [-0.25, -0.2) is 4.39 Å². The molecule has 0 saturated carbocycles. The molecule has 0 fully saturated rings. The van der Waals surface area contributed by atoms with Crippen molar-refractivity contribution in [2.75, 3.05) is 20.7 Å². The molecule has 0 radical (unpaired) electrons. The second kappa shape index (κ2) is 6.14. The zero-order valence-electron chi connectivity index (χ0n) is 10.7. The first-order valence-electron chi connectivity index (χ1n) is 5.54. The van der Waals surface area contributed by atoms with Crippen LogP contribution in [0.1, 0.15) is 22.3 Å². The topological polar surface area (TPSA) is 46.6 Å². The van der Waals surface area contributed by atoms with Gasteiger partial charge in [-0.3, -0.25) is 9.59 Å². The average molecular weight is 253 g/mol. The van der Waals surface area contributed by atoms with Gasteiger partial charge in [-0.05, 0) is 24.6 Å². The molecule has 98 valence electrons. The Balaban J connectivity index is 2.74. The Morgan fingerprint density at radius 1 is 1.39 bits per heavy atom. The van der Waals surface area contributed by atoms with Crippen LogP contribution in [-0.2, 0) is 9.53 Å². The standard InChI is InChI=1S/C13H16FNO3/c1-9-4-5-10(14)8-11(9)13(17)15(2)7-6-12(16)18-3/h4-5,8H,6-7H2,1-3H3. The molecule has 0 unspecified atom stereocenters. The van der Waals surface area contributed by atoms with Gasteiger partial charge in [0.15, 0.2) is 0 Å². The van der Waals surface area contributed by atoms with Crippen LogP contribution in [0.5, 0.6) is 0 Å². The van der Waals surface area contributed by atoms with E-state index in [9.17, 15) is 14.0 Å². The average Bonchev–Trinajstić information content (AvgIpc) is 2.37. The first-order chi connectivity index (χ1) is 8.45. The lowest BCUT2D eigenvalue weighted by Gasteiger charge is -2.17. The van der Waals surface area contributed by atoms with Gasteiger partial charge in [-0.15, -0.1) is 0 Å². The number of esters is 1. The van der Waals surface area contributed by atoms with E-state index in [2.05, 4.69) is 4.74 Å². The Bertz CT molecular complexity index is 460. The predicted molar refractivity (Wildman–Crippen MR) is 64.7 cm³/mol. The molecule has 0 N–H and O–H groups in total. The quantitative estimate of drug-likeness (QED) is 0.768. The molecule has 0 atom stereocenters. The van der Waals surface area contributed by atoms with Crippen LogP contribution < -0.4 is 0 Å². The van der Waals surface area contributed by atoms with Gasteiger partial charge in [0.25, 0.3) is 5.91 Å². The predicted octanol–water partition coefficient (Wildman–Crippen LogP) is 1.77. The van der Waals surface area contributed by atoms with Crippen molar-refractivity contribution in [1.82, 2.24) is 4.90 Å². The fourth-order valence-corrected chi connectivity index (χ4v) is 1.49. The van der Waals surface area contributed by atoms with Gasteiger partial charge >= 0.3 is 5.97 Å². The van der Waals surface area contributed by atoms with E-state index in [0.29, 0.717) is 11.1 Å². The van der Waals surface area contributed by atoms with Gasteiger partial charge in [0, 0.05) is 19.2 Å². The third-order valence-electron chi connectivity index (χ3n) is 2.66. The molecular weight excluding hydrogens is 237 g/mol. The SMILES string of the molecule is COC(=O)CCN(C)C(=O)c1cc(F)ccc1C. The zero-order chi connectivity index (χ0) is 13.7. The Kier molecular flexibility index (Phi) is 4.83. The Hall–Kier alpha value is -1.91. The third-order valence-corrected chi connectivity index (χ3v) is 2.66. The summed E-state index contributed by atoms with van der Waals surface area (Å²) in [5.41, 5.74) is 1.01. The summed E-state index contributed by atoms with van der Waals surface area (Å²) < 4.78 is 17.6. The smallest absolute Gasteiger partial charge is 0.307 e. The third kappa shape index (κ3) is 3.55. The molecule has 0 aromatic heterocycles. The number of carbonyl (C=O) groups excluding carboxylic acids is 2. The highest BCUT2D eigenvalue weighted by Crippen LogP contribution is 2.12. The number of rotatable bonds is 4. The lowest BCUT2D eigenvalue weighted by atomic mass is 10.1. The highest BCUT2D eigenvalue weighted by Gasteiger charge is 2.15. The summed E-state index contributed by atoms with van der Waals surface area (Å²) in [6.45, 7) is 1.97. The molecule has 0 aliphatic rings. The number of benzene rings is 1. The minimum atomic E-state index is -0.453. The molecule has 0 heterocycles. The number of carbonyl (C=O) groups is 2. The van der Waals surface area contributed by atoms with Crippen LogP contribution in [-0.4, -0.2) is 37.5 Å². The molecule has 4 nitrogen and oxygen atoms in total. The lowest BCUT2D eigenvalue weighted by molar-refractivity contribution is -0.140. The maximum atomic E-state index is 13.1. The molecule has 5 heteroatoms. The molecule has 1 rings (SSSR count). The number of nitrogens with zero attached hydrogens (tertiary/aromatic N) is 1. The summed E-state index contributed by atoms with van der Waals surface area (Å²) >= 11 is 0. The Labute approximate surface area is 105 Å². The van der Waals surface area contributed by atoms with E-state index in [1.54, 1.807) is 20.0 Å². The van der Waals surface area contributed by atoms with Crippen molar-refractivity contribution in [2.24, 2.45) is 0 Å². The number of aryl methyl sites for hydroxylation is 1. The van der Waals surface area contributed by atoms with E-state index in [1.165, 1.54) is 24.1 Å². The molecule has 18 heavy (non-hydrogen) atoms. The van der Waals surface area contributed by atoms with Crippen molar-refractivity contribution in [3.8, 4) is 0 Å². The minimum Gasteiger partial charge on any atom is -0.469 e. The van der Waals surface area contributed by atoms with Crippen LogP contribution in [0.4, 0.5) is 4.39 Å². The fourth-order valence-electron chi connectivity index (χ4n) is 1.49. The summed E-state index contributed by atoms with van der Waals surface area (Å²) in [6.07, 6.45) is 0.118. The van der Waals surface area contributed by atoms with Crippen LogP contribution in [0.3, 0.4) is 0 Å². The number of amides is 1. The zero-order valence-corrected chi connectivity index (χ0v) is 10.7. The molecule has 0 aliphatic carbocycles. The van der Waals surface area contributed by atoms with Crippen molar-refractivity contribution in [3.05, 3.63) is 35.1 Å². The van der Waals surface area contributed by atoms with Gasteiger partial charge in [-0.1, -0.05) is 6.07 Å². The summed E-state index contributed by atoms with van der Waals surface area (Å²) in [5, 5.41) is 0. The van der Waals surface area contributed by atoms with E-state index in [1.807, 2.05) is 0 Å². The molecule has 0 spiro atoms.